The molecule has 1 saturated carbocycles. The Kier molecular flexibility index (Phi) is 2.98. The van der Waals surface area contributed by atoms with Crippen LogP contribution in [-0.4, -0.2) is 21.0 Å². The second kappa shape index (κ2) is 4.66. The second-order valence-corrected chi connectivity index (χ2v) is 5.20. The molecule has 0 amide bonds. The number of imidazole rings is 1. The lowest BCUT2D eigenvalue weighted by molar-refractivity contribution is -0.138. The van der Waals surface area contributed by atoms with Crippen molar-refractivity contribution in [1.82, 2.24) is 9.97 Å². The standard InChI is InChI=1S/C14H17N3O2/c15-12(14(18)19)9-5-6-10-11(7-9)17-13(16-10)8-3-1-2-4-8/h5-8,12H,1-4,15H2,(H,16,17)(H,18,19). The van der Waals surface area contributed by atoms with Crippen LogP contribution in [0.15, 0.2) is 18.2 Å². The number of nitrogens with zero attached hydrogens (tertiary/aromatic N) is 1. The molecule has 1 unspecified atom stereocenters. The normalized spacial score (nSPS) is 17.9. The average molecular weight is 259 g/mol. The molecule has 1 aliphatic carbocycles. The molecule has 4 N–H and O–H groups in total. The van der Waals surface area contributed by atoms with Gasteiger partial charge in [-0.2, -0.15) is 0 Å². The van der Waals surface area contributed by atoms with E-state index < -0.39 is 12.0 Å². The van der Waals surface area contributed by atoms with Crippen molar-refractivity contribution in [2.45, 2.75) is 37.6 Å². The molecule has 0 spiro atoms. The van der Waals surface area contributed by atoms with E-state index in [-0.39, 0.29) is 0 Å². The van der Waals surface area contributed by atoms with Crippen LogP contribution in [0.25, 0.3) is 11.0 Å². The number of aliphatic carboxylic acids is 1. The summed E-state index contributed by atoms with van der Waals surface area (Å²) in [5.74, 6) is 0.521. The van der Waals surface area contributed by atoms with Gasteiger partial charge in [0.2, 0.25) is 0 Å². The minimum absolute atomic E-state index is 0.518. The largest absolute Gasteiger partial charge is 0.480 e. The minimum Gasteiger partial charge on any atom is -0.480 e. The molecule has 0 saturated heterocycles. The van der Waals surface area contributed by atoms with Gasteiger partial charge in [0.1, 0.15) is 11.9 Å². The molecule has 5 heteroatoms. The van der Waals surface area contributed by atoms with Gasteiger partial charge in [-0.15, -0.1) is 0 Å². The molecule has 0 radical (unpaired) electrons. The fourth-order valence-corrected chi connectivity index (χ4v) is 2.78. The first kappa shape index (κ1) is 12.2. The molecular formula is C14H17N3O2. The Balaban J connectivity index is 1.96. The van der Waals surface area contributed by atoms with Crippen molar-refractivity contribution in [2.24, 2.45) is 5.73 Å². The van der Waals surface area contributed by atoms with Crippen molar-refractivity contribution in [3.63, 3.8) is 0 Å². The summed E-state index contributed by atoms with van der Waals surface area (Å²) in [5.41, 5.74) is 7.97. The summed E-state index contributed by atoms with van der Waals surface area (Å²) >= 11 is 0. The molecule has 19 heavy (non-hydrogen) atoms. The molecule has 1 aromatic heterocycles. The summed E-state index contributed by atoms with van der Waals surface area (Å²) in [4.78, 5) is 18.8. The summed E-state index contributed by atoms with van der Waals surface area (Å²) in [6.45, 7) is 0. The first-order valence-electron chi connectivity index (χ1n) is 6.63. The van der Waals surface area contributed by atoms with Crippen LogP contribution < -0.4 is 5.73 Å². The maximum atomic E-state index is 10.9. The SMILES string of the molecule is NC(C(=O)O)c1ccc2nc(C3CCCC3)[nH]c2c1. The highest BCUT2D eigenvalue weighted by molar-refractivity contribution is 5.80. The van der Waals surface area contributed by atoms with Crippen LogP contribution in [0.1, 0.15) is 49.0 Å². The third kappa shape index (κ3) is 2.21. The number of carboxylic acids is 1. The Bertz CT molecular complexity index is 614. The van der Waals surface area contributed by atoms with Gasteiger partial charge in [0.25, 0.3) is 0 Å². The first-order valence-corrected chi connectivity index (χ1v) is 6.63. The van der Waals surface area contributed by atoms with E-state index >= 15 is 0 Å². The van der Waals surface area contributed by atoms with Crippen LogP contribution in [0.4, 0.5) is 0 Å². The van der Waals surface area contributed by atoms with E-state index in [0.29, 0.717) is 11.5 Å². The second-order valence-electron chi connectivity index (χ2n) is 5.20. The lowest BCUT2D eigenvalue weighted by atomic mass is 10.1. The van der Waals surface area contributed by atoms with Crippen molar-refractivity contribution < 1.29 is 9.90 Å². The summed E-state index contributed by atoms with van der Waals surface area (Å²) in [7, 11) is 0. The van der Waals surface area contributed by atoms with Crippen LogP contribution in [0, 0.1) is 0 Å². The predicted molar refractivity (Wildman–Crippen MR) is 71.9 cm³/mol. The molecule has 1 heterocycles. The van der Waals surface area contributed by atoms with E-state index in [1.807, 2.05) is 6.07 Å². The molecule has 100 valence electrons. The summed E-state index contributed by atoms with van der Waals surface area (Å²) in [6, 6.07) is 4.38. The number of H-pyrrole nitrogens is 1. The molecule has 1 fully saturated rings. The summed E-state index contributed by atoms with van der Waals surface area (Å²) in [6.07, 6.45) is 4.89. The van der Waals surface area contributed by atoms with Gasteiger partial charge < -0.3 is 15.8 Å². The van der Waals surface area contributed by atoms with Gasteiger partial charge in [0, 0.05) is 5.92 Å². The summed E-state index contributed by atoms with van der Waals surface area (Å²) < 4.78 is 0. The third-order valence-corrected chi connectivity index (χ3v) is 3.89. The number of carbonyl (C=O) groups is 1. The van der Waals surface area contributed by atoms with E-state index in [4.69, 9.17) is 10.8 Å². The molecule has 3 rings (SSSR count). The van der Waals surface area contributed by atoms with Crippen molar-refractivity contribution >= 4 is 17.0 Å². The fourth-order valence-electron chi connectivity index (χ4n) is 2.78. The molecule has 5 nitrogen and oxygen atoms in total. The van der Waals surface area contributed by atoms with E-state index in [1.54, 1.807) is 12.1 Å². The lowest BCUT2D eigenvalue weighted by Crippen LogP contribution is -2.20. The van der Waals surface area contributed by atoms with Crippen LogP contribution in [-0.2, 0) is 4.79 Å². The van der Waals surface area contributed by atoms with Gasteiger partial charge in [0.15, 0.2) is 0 Å². The van der Waals surface area contributed by atoms with E-state index in [9.17, 15) is 4.79 Å². The molecule has 0 aliphatic heterocycles. The number of hydrogen-bond acceptors (Lipinski definition) is 3. The number of aromatic amines is 1. The topological polar surface area (TPSA) is 92.0 Å². The Morgan fingerprint density at radius 2 is 2.16 bits per heavy atom. The van der Waals surface area contributed by atoms with E-state index in [1.165, 1.54) is 25.7 Å². The highest BCUT2D eigenvalue weighted by Gasteiger charge is 2.21. The van der Waals surface area contributed by atoms with Crippen molar-refractivity contribution in [3.8, 4) is 0 Å². The van der Waals surface area contributed by atoms with Crippen LogP contribution >= 0.6 is 0 Å². The molecule has 1 atom stereocenters. The van der Waals surface area contributed by atoms with E-state index in [2.05, 4.69) is 9.97 Å². The lowest BCUT2D eigenvalue weighted by Gasteiger charge is -2.05. The molecule has 0 bridgehead atoms. The zero-order valence-electron chi connectivity index (χ0n) is 10.6. The van der Waals surface area contributed by atoms with Crippen molar-refractivity contribution in [3.05, 3.63) is 29.6 Å². The van der Waals surface area contributed by atoms with E-state index in [0.717, 1.165) is 16.9 Å². The Hall–Kier alpha value is -1.88. The quantitative estimate of drug-likeness (QED) is 0.788. The maximum Gasteiger partial charge on any atom is 0.325 e. The zero-order valence-corrected chi connectivity index (χ0v) is 10.6. The number of aromatic nitrogens is 2. The Labute approximate surface area is 110 Å². The molecule has 1 aromatic carbocycles. The number of benzene rings is 1. The minimum atomic E-state index is -1.02. The zero-order chi connectivity index (χ0) is 13.4. The van der Waals surface area contributed by atoms with Gasteiger partial charge in [-0.05, 0) is 30.5 Å². The number of rotatable bonds is 3. The molecule has 2 aromatic rings. The van der Waals surface area contributed by atoms with Crippen LogP contribution in [0.3, 0.4) is 0 Å². The van der Waals surface area contributed by atoms with Gasteiger partial charge in [-0.1, -0.05) is 18.9 Å². The highest BCUT2D eigenvalue weighted by atomic mass is 16.4. The number of nitrogens with one attached hydrogen (secondary N) is 1. The third-order valence-electron chi connectivity index (χ3n) is 3.89. The smallest absolute Gasteiger partial charge is 0.325 e. The highest BCUT2D eigenvalue weighted by Crippen LogP contribution is 2.33. The summed E-state index contributed by atoms with van der Waals surface area (Å²) in [5, 5.41) is 8.93. The maximum absolute atomic E-state index is 10.9. The van der Waals surface area contributed by atoms with Crippen LogP contribution in [0.5, 0.6) is 0 Å². The Morgan fingerprint density at radius 3 is 2.84 bits per heavy atom. The first-order chi connectivity index (χ1) is 9.15. The monoisotopic (exact) mass is 259 g/mol. The van der Waals surface area contributed by atoms with Gasteiger partial charge >= 0.3 is 5.97 Å². The van der Waals surface area contributed by atoms with Crippen molar-refractivity contribution in [1.29, 1.82) is 0 Å². The van der Waals surface area contributed by atoms with Gasteiger partial charge in [-0.3, -0.25) is 4.79 Å². The molecule has 1 aliphatic rings. The van der Waals surface area contributed by atoms with Gasteiger partial charge in [-0.25, -0.2) is 4.98 Å². The predicted octanol–water partition coefficient (Wildman–Crippen LogP) is 2.30. The number of hydrogen-bond donors (Lipinski definition) is 3. The number of nitrogens with two attached hydrogens (primary N) is 1. The molecular weight excluding hydrogens is 242 g/mol. The number of fused-ring (bicyclic) bond motifs is 1. The van der Waals surface area contributed by atoms with Gasteiger partial charge in [0.05, 0.1) is 11.0 Å². The van der Waals surface area contributed by atoms with Crippen molar-refractivity contribution in [2.75, 3.05) is 0 Å². The van der Waals surface area contributed by atoms with Crippen LogP contribution in [0.2, 0.25) is 0 Å². The fraction of sp³-hybridized carbons (Fsp3) is 0.429. The number of carboxylic acid groups (broad SMARTS) is 1. The Morgan fingerprint density at radius 1 is 1.42 bits per heavy atom. The average Bonchev–Trinajstić information content (AvgIpc) is 3.05.